The number of nitrogens with one attached hydrogen (secondary N) is 1. The van der Waals surface area contributed by atoms with Crippen molar-refractivity contribution in [2.24, 2.45) is 0 Å². The van der Waals surface area contributed by atoms with Gasteiger partial charge in [-0.05, 0) is 11.6 Å². The first-order valence-electron chi connectivity index (χ1n) is 6.69. The standard InChI is InChI=1S/C15H20F2N2O2/c1-3-6-19(7-8-20)15(21)18-10-11(2)13-5-4-12(16)9-14(13)17/h3-5,9,11,20H,1,6-8,10H2,2H3,(H,18,21). The van der Waals surface area contributed by atoms with Crippen molar-refractivity contribution >= 4 is 6.03 Å². The predicted octanol–water partition coefficient (Wildman–Crippen LogP) is 2.26. The molecular weight excluding hydrogens is 278 g/mol. The number of halogens is 2. The minimum atomic E-state index is -0.632. The number of urea groups is 1. The summed E-state index contributed by atoms with van der Waals surface area (Å²) in [6.45, 7) is 5.84. The zero-order chi connectivity index (χ0) is 15.8. The summed E-state index contributed by atoms with van der Waals surface area (Å²) >= 11 is 0. The second-order valence-electron chi connectivity index (χ2n) is 4.71. The lowest BCUT2D eigenvalue weighted by molar-refractivity contribution is 0.183. The van der Waals surface area contributed by atoms with Gasteiger partial charge in [0.25, 0.3) is 0 Å². The molecule has 1 aromatic carbocycles. The first kappa shape index (κ1) is 17.1. The van der Waals surface area contributed by atoms with Gasteiger partial charge in [0, 0.05) is 31.6 Å². The molecule has 4 nitrogen and oxygen atoms in total. The molecule has 1 unspecified atom stereocenters. The van der Waals surface area contributed by atoms with E-state index in [1.165, 1.54) is 17.0 Å². The summed E-state index contributed by atoms with van der Waals surface area (Å²) < 4.78 is 26.5. The van der Waals surface area contributed by atoms with Gasteiger partial charge < -0.3 is 15.3 Å². The van der Waals surface area contributed by atoms with Gasteiger partial charge in [0.05, 0.1) is 6.61 Å². The van der Waals surface area contributed by atoms with Crippen LogP contribution in [0, 0.1) is 11.6 Å². The van der Waals surface area contributed by atoms with Crippen LogP contribution in [0.5, 0.6) is 0 Å². The number of carbonyl (C=O) groups is 1. The third kappa shape index (κ3) is 5.15. The molecule has 2 N–H and O–H groups in total. The van der Waals surface area contributed by atoms with Crippen LogP contribution < -0.4 is 5.32 Å². The van der Waals surface area contributed by atoms with Crippen LogP contribution in [0.2, 0.25) is 0 Å². The second kappa shape index (κ2) is 8.36. The summed E-state index contributed by atoms with van der Waals surface area (Å²) in [7, 11) is 0. The van der Waals surface area contributed by atoms with Crippen molar-refractivity contribution in [3.05, 3.63) is 48.1 Å². The molecule has 0 saturated carbocycles. The van der Waals surface area contributed by atoms with Gasteiger partial charge in [-0.15, -0.1) is 6.58 Å². The second-order valence-corrected chi connectivity index (χ2v) is 4.71. The van der Waals surface area contributed by atoms with Crippen LogP contribution in [0.15, 0.2) is 30.9 Å². The highest BCUT2D eigenvalue weighted by molar-refractivity contribution is 5.74. The van der Waals surface area contributed by atoms with Gasteiger partial charge in [-0.25, -0.2) is 13.6 Å². The topological polar surface area (TPSA) is 52.6 Å². The van der Waals surface area contributed by atoms with Crippen LogP contribution in [0.25, 0.3) is 0 Å². The Labute approximate surface area is 123 Å². The third-order valence-corrected chi connectivity index (χ3v) is 3.06. The average Bonchev–Trinajstić information content (AvgIpc) is 2.44. The first-order chi connectivity index (χ1) is 9.99. The van der Waals surface area contributed by atoms with Gasteiger partial charge in [0.15, 0.2) is 0 Å². The van der Waals surface area contributed by atoms with E-state index in [1.54, 1.807) is 13.0 Å². The van der Waals surface area contributed by atoms with Crippen molar-refractivity contribution in [3.8, 4) is 0 Å². The minimum Gasteiger partial charge on any atom is -0.395 e. The van der Waals surface area contributed by atoms with Crippen molar-refractivity contribution in [1.82, 2.24) is 10.2 Å². The molecule has 0 aliphatic carbocycles. The van der Waals surface area contributed by atoms with E-state index in [0.717, 1.165) is 6.07 Å². The molecule has 0 aromatic heterocycles. The van der Waals surface area contributed by atoms with Gasteiger partial charge in [0.2, 0.25) is 0 Å². The van der Waals surface area contributed by atoms with Crippen LogP contribution in [0.3, 0.4) is 0 Å². The molecule has 0 spiro atoms. The van der Waals surface area contributed by atoms with Crippen molar-refractivity contribution in [3.63, 3.8) is 0 Å². The van der Waals surface area contributed by atoms with Gasteiger partial charge in [-0.2, -0.15) is 0 Å². The molecule has 1 atom stereocenters. The molecule has 0 bridgehead atoms. The molecule has 0 heterocycles. The molecule has 1 rings (SSSR count). The molecule has 116 valence electrons. The fraction of sp³-hybridized carbons (Fsp3) is 0.400. The van der Waals surface area contributed by atoms with Gasteiger partial charge in [-0.3, -0.25) is 0 Å². The monoisotopic (exact) mass is 298 g/mol. The molecule has 0 aliphatic heterocycles. The van der Waals surface area contributed by atoms with E-state index in [4.69, 9.17) is 5.11 Å². The van der Waals surface area contributed by atoms with Gasteiger partial charge >= 0.3 is 6.03 Å². The lowest BCUT2D eigenvalue weighted by Gasteiger charge is -2.22. The van der Waals surface area contributed by atoms with E-state index >= 15 is 0 Å². The van der Waals surface area contributed by atoms with Crippen molar-refractivity contribution < 1.29 is 18.7 Å². The minimum absolute atomic E-state index is 0.149. The summed E-state index contributed by atoms with van der Waals surface area (Å²) in [5.74, 6) is -1.56. The number of aliphatic hydroxyl groups excluding tert-OH is 1. The van der Waals surface area contributed by atoms with E-state index in [9.17, 15) is 13.6 Å². The Kier molecular flexibility index (Phi) is 6.81. The van der Waals surface area contributed by atoms with Gasteiger partial charge in [-0.1, -0.05) is 19.1 Å². The normalized spacial score (nSPS) is 11.8. The van der Waals surface area contributed by atoms with Crippen molar-refractivity contribution in [2.75, 3.05) is 26.2 Å². The Bertz CT molecular complexity index is 495. The number of rotatable bonds is 7. The molecular formula is C15H20F2N2O2. The number of benzene rings is 1. The maximum atomic E-state index is 13.6. The highest BCUT2D eigenvalue weighted by atomic mass is 19.1. The number of aliphatic hydroxyl groups is 1. The number of hydrogen-bond acceptors (Lipinski definition) is 2. The van der Waals surface area contributed by atoms with E-state index in [1.807, 2.05) is 0 Å². The molecule has 6 heteroatoms. The molecule has 0 aliphatic rings. The Morgan fingerprint density at radius 2 is 2.24 bits per heavy atom. The highest BCUT2D eigenvalue weighted by Crippen LogP contribution is 2.19. The molecule has 0 fully saturated rings. The van der Waals surface area contributed by atoms with Crippen molar-refractivity contribution in [1.29, 1.82) is 0 Å². The number of hydrogen-bond donors (Lipinski definition) is 2. The Hall–Kier alpha value is -1.95. The van der Waals surface area contributed by atoms with Crippen LogP contribution in [-0.2, 0) is 0 Å². The lowest BCUT2D eigenvalue weighted by Crippen LogP contribution is -2.42. The van der Waals surface area contributed by atoms with Crippen molar-refractivity contribution in [2.45, 2.75) is 12.8 Å². The van der Waals surface area contributed by atoms with E-state index < -0.39 is 11.6 Å². The number of amides is 2. The summed E-state index contributed by atoms with van der Waals surface area (Å²) in [5, 5.41) is 11.5. The Morgan fingerprint density at radius 3 is 2.81 bits per heavy atom. The van der Waals surface area contributed by atoms with Crippen LogP contribution in [0.1, 0.15) is 18.4 Å². The summed E-state index contributed by atoms with van der Waals surface area (Å²) in [6.07, 6.45) is 1.55. The average molecular weight is 298 g/mol. The SMILES string of the molecule is C=CCN(CCO)C(=O)NCC(C)c1ccc(F)cc1F. The van der Waals surface area contributed by atoms with E-state index in [-0.39, 0.29) is 31.6 Å². The molecule has 2 amide bonds. The van der Waals surface area contributed by atoms with Crippen LogP contribution in [-0.4, -0.2) is 42.3 Å². The van der Waals surface area contributed by atoms with E-state index in [0.29, 0.717) is 12.1 Å². The summed E-state index contributed by atoms with van der Waals surface area (Å²) in [4.78, 5) is 13.3. The third-order valence-electron chi connectivity index (χ3n) is 3.06. The maximum absolute atomic E-state index is 13.6. The van der Waals surface area contributed by atoms with Crippen LogP contribution >= 0.6 is 0 Å². The van der Waals surface area contributed by atoms with Gasteiger partial charge in [0.1, 0.15) is 11.6 Å². The quantitative estimate of drug-likeness (QED) is 0.759. The number of carbonyl (C=O) groups excluding carboxylic acids is 1. The summed E-state index contributed by atoms with van der Waals surface area (Å²) in [5.41, 5.74) is 0.342. The van der Waals surface area contributed by atoms with Crippen LogP contribution in [0.4, 0.5) is 13.6 Å². The molecule has 1 aromatic rings. The fourth-order valence-corrected chi connectivity index (χ4v) is 1.92. The number of nitrogens with zero attached hydrogens (tertiary/aromatic N) is 1. The first-order valence-corrected chi connectivity index (χ1v) is 6.69. The lowest BCUT2D eigenvalue weighted by atomic mass is 10.0. The molecule has 0 saturated heterocycles. The Balaban J connectivity index is 2.60. The fourth-order valence-electron chi connectivity index (χ4n) is 1.92. The largest absolute Gasteiger partial charge is 0.395 e. The van der Waals surface area contributed by atoms with E-state index in [2.05, 4.69) is 11.9 Å². The predicted molar refractivity (Wildman–Crippen MR) is 77.0 cm³/mol. The maximum Gasteiger partial charge on any atom is 0.317 e. The zero-order valence-corrected chi connectivity index (χ0v) is 12.0. The molecule has 21 heavy (non-hydrogen) atoms. The molecule has 0 radical (unpaired) electrons. The Morgan fingerprint density at radius 1 is 1.52 bits per heavy atom. The highest BCUT2D eigenvalue weighted by Gasteiger charge is 2.15. The zero-order valence-electron chi connectivity index (χ0n) is 12.0. The summed E-state index contributed by atoms with van der Waals surface area (Å²) in [6, 6.07) is 3.02. The smallest absolute Gasteiger partial charge is 0.317 e.